The van der Waals surface area contributed by atoms with Crippen molar-refractivity contribution < 1.29 is 0 Å². The molecule has 1 aromatic heterocycles. The molecule has 0 fully saturated rings. The van der Waals surface area contributed by atoms with Crippen LogP contribution in [0.4, 0.5) is 5.69 Å². The Balaban J connectivity index is 2.19. The van der Waals surface area contributed by atoms with Gasteiger partial charge in [0.2, 0.25) is 0 Å². The average Bonchev–Trinajstić information content (AvgIpc) is 2.73. The van der Waals surface area contributed by atoms with E-state index >= 15 is 0 Å². The Kier molecular flexibility index (Phi) is 3.19. The van der Waals surface area contributed by atoms with E-state index in [1.54, 1.807) is 12.7 Å². The smallest absolute Gasteiger partial charge is 0.137 e. The van der Waals surface area contributed by atoms with E-state index in [0.29, 0.717) is 6.04 Å². The van der Waals surface area contributed by atoms with Crippen LogP contribution in [-0.4, -0.2) is 20.8 Å². The van der Waals surface area contributed by atoms with Gasteiger partial charge in [-0.25, -0.2) is 9.67 Å². The molecule has 0 bridgehead atoms. The highest BCUT2D eigenvalue weighted by molar-refractivity contribution is 5.51. The molecule has 4 heteroatoms. The molecule has 0 unspecified atom stereocenters. The van der Waals surface area contributed by atoms with E-state index in [1.165, 1.54) is 5.56 Å². The van der Waals surface area contributed by atoms with Crippen molar-refractivity contribution in [2.75, 3.05) is 5.32 Å². The van der Waals surface area contributed by atoms with Crippen LogP contribution in [0.2, 0.25) is 0 Å². The molecule has 1 aromatic carbocycles. The third kappa shape index (κ3) is 2.59. The normalized spacial score (nSPS) is 10.7. The Morgan fingerprint density at radius 1 is 1.31 bits per heavy atom. The molecule has 1 heterocycles. The van der Waals surface area contributed by atoms with Gasteiger partial charge in [0.1, 0.15) is 12.7 Å². The number of benzene rings is 1. The van der Waals surface area contributed by atoms with Crippen LogP contribution < -0.4 is 5.32 Å². The lowest BCUT2D eigenvalue weighted by atomic mass is 10.1. The first-order valence-electron chi connectivity index (χ1n) is 5.42. The number of aromatic nitrogens is 3. The monoisotopic (exact) mass is 216 g/mol. The third-order valence-corrected chi connectivity index (χ3v) is 2.26. The summed E-state index contributed by atoms with van der Waals surface area (Å²) in [4.78, 5) is 3.94. The summed E-state index contributed by atoms with van der Waals surface area (Å²) in [5, 5.41) is 7.53. The van der Waals surface area contributed by atoms with Crippen LogP contribution in [0.3, 0.4) is 0 Å². The fraction of sp³-hybridized carbons (Fsp3) is 0.333. The number of para-hydroxylation sites is 1. The number of hydrogen-bond acceptors (Lipinski definition) is 3. The van der Waals surface area contributed by atoms with E-state index in [1.807, 2.05) is 16.8 Å². The molecule has 0 aliphatic carbocycles. The highest BCUT2D eigenvalue weighted by Crippen LogP contribution is 2.16. The number of nitrogens with one attached hydrogen (secondary N) is 1. The molecule has 0 saturated heterocycles. The van der Waals surface area contributed by atoms with Crippen LogP contribution in [-0.2, 0) is 6.54 Å². The Hall–Kier alpha value is -1.84. The summed E-state index contributed by atoms with van der Waals surface area (Å²) in [6.07, 6.45) is 3.28. The minimum atomic E-state index is 0.428. The van der Waals surface area contributed by atoms with Crippen molar-refractivity contribution in [3.05, 3.63) is 42.5 Å². The van der Waals surface area contributed by atoms with E-state index in [4.69, 9.17) is 0 Å². The summed E-state index contributed by atoms with van der Waals surface area (Å²) >= 11 is 0. The summed E-state index contributed by atoms with van der Waals surface area (Å²) in [6, 6.07) is 8.70. The van der Waals surface area contributed by atoms with Crippen molar-refractivity contribution in [3.63, 3.8) is 0 Å². The van der Waals surface area contributed by atoms with Crippen molar-refractivity contribution in [2.24, 2.45) is 0 Å². The van der Waals surface area contributed by atoms with E-state index in [2.05, 4.69) is 41.4 Å². The Bertz CT molecular complexity index is 434. The van der Waals surface area contributed by atoms with Gasteiger partial charge in [0, 0.05) is 11.7 Å². The molecule has 0 aliphatic heterocycles. The second-order valence-corrected chi connectivity index (χ2v) is 4.05. The average molecular weight is 216 g/mol. The quantitative estimate of drug-likeness (QED) is 0.851. The molecule has 84 valence electrons. The molecule has 2 rings (SSSR count). The zero-order valence-electron chi connectivity index (χ0n) is 9.59. The zero-order chi connectivity index (χ0) is 11.4. The van der Waals surface area contributed by atoms with Gasteiger partial charge in [0.15, 0.2) is 0 Å². The van der Waals surface area contributed by atoms with Crippen LogP contribution in [0.1, 0.15) is 19.4 Å². The van der Waals surface area contributed by atoms with Crippen molar-refractivity contribution in [1.29, 1.82) is 0 Å². The minimum Gasteiger partial charge on any atom is -0.383 e. The third-order valence-electron chi connectivity index (χ3n) is 2.26. The summed E-state index contributed by atoms with van der Waals surface area (Å²) in [5.41, 5.74) is 2.38. The molecule has 2 aromatic rings. The molecule has 0 saturated carbocycles. The van der Waals surface area contributed by atoms with Crippen LogP contribution >= 0.6 is 0 Å². The predicted molar refractivity (Wildman–Crippen MR) is 64.3 cm³/mol. The lowest BCUT2D eigenvalue weighted by molar-refractivity contribution is 0.684. The van der Waals surface area contributed by atoms with Gasteiger partial charge >= 0.3 is 0 Å². The van der Waals surface area contributed by atoms with Gasteiger partial charge in [-0.05, 0) is 25.5 Å². The first-order valence-corrected chi connectivity index (χ1v) is 5.42. The molecule has 0 radical (unpaired) electrons. The Morgan fingerprint density at radius 3 is 2.81 bits per heavy atom. The molecule has 0 atom stereocenters. The molecule has 0 spiro atoms. The lowest BCUT2D eigenvalue weighted by Gasteiger charge is -2.14. The molecule has 0 aliphatic rings. The number of anilines is 1. The van der Waals surface area contributed by atoms with E-state index in [0.717, 1.165) is 12.2 Å². The second kappa shape index (κ2) is 4.79. The van der Waals surface area contributed by atoms with Gasteiger partial charge in [-0.2, -0.15) is 5.10 Å². The van der Waals surface area contributed by atoms with Crippen LogP contribution in [0.25, 0.3) is 0 Å². The molecular formula is C12H16N4. The second-order valence-electron chi connectivity index (χ2n) is 4.05. The van der Waals surface area contributed by atoms with E-state index in [9.17, 15) is 0 Å². The number of nitrogens with zero attached hydrogens (tertiary/aromatic N) is 3. The van der Waals surface area contributed by atoms with Gasteiger partial charge in [0.05, 0.1) is 6.54 Å². The first-order chi connectivity index (χ1) is 7.75. The van der Waals surface area contributed by atoms with Crippen molar-refractivity contribution in [2.45, 2.75) is 26.4 Å². The van der Waals surface area contributed by atoms with Crippen LogP contribution in [0, 0.1) is 0 Å². The standard InChI is InChI=1S/C12H16N4/c1-10(2)15-12-6-4-3-5-11(12)7-16-9-13-8-14-16/h3-6,8-10,15H,7H2,1-2H3. The summed E-state index contributed by atoms with van der Waals surface area (Å²) in [5.74, 6) is 0. The highest BCUT2D eigenvalue weighted by atomic mass is 15.3. The summed E-state index contributed by atoms with van der Waals surface area (Å²) in [7, 11) is 0. The van der Waals surface area contributed by atoms with Crippen LogP contribution in [0.5, 0.6) is 0 Å². The fourth-order valence-electron chi connectivity index (χ4n) is 1.60. The van der Waals surface area contributed by atoms with E-state index < -0.39 is 0 Å². The van der Waals surface area contributed by atoms with Gasteiger partial charge < -0.3 is 5.32 Å². The maximum absolute atomic E-state index is 4.11. The van der Waals surface area contributed by atoms with E-state index in [-0.39, 0.29) is 0 Å². The summed E-state index contributed by atoms with van der Waals surface area (Å²) in [6.45, 7) is 5.01. The maximum atomic E-state index is 4.11. The molecule has 4 nitrogen and oxygen atoms in total. The molecule has 16 heavy (non-hydrogen) atoms. The van der Waals surface area contributed by atoms with Gasteiger partial charge in [-0.1, -0.05) is 18.2 Å². The molecule has 0 amide bonds. The number of hydrogen-bond donors (Lipinski definition) is 1. The van der Waals surface area contributed by atoms with Gasteiger partial charge in [-0.15, -0.1) is 0 Å². The van der Waals surface area contributed by atoms with Gasteiger partial charge in [0.25, 0.3) is 0 Å². The largest absolute Gasteiger partial charge is 0.383 e. The Labute approximate surface area is 95.3 Å². The summed E-state index contributed by atoms with van der Waals surface area (Å²) < 4.78 is 1.82. The SMILES string of the molecule is CC(C)Nc1ccccc1Cn1cncn1. The topological polar surface area (TPSA) is 42.7 Å². The lowest BCUT2D eigenvalue weighted by Crippen LogP contribution is -2.12. The van der Waals surface area contributed by atoms with Crippen molar-refractivity contribution in [1.82, 2.24) is 14.8 Å². The molecular weight excluding hydrogens is 200 g/mol. The van der Waals surface area contributed by atoms with Crippen molar-refractivity contribution >= 4 is 5.69 Å². The molecule has 1 N–H and O–H groups in total. The fourth-order valence-corrected chi connectivity index (χ4v) is 1.60. The zero-order valence-corrected chi connectivity index (χ0v) is 9.59. The van der Waals surface area contributed by atoms with Gasteiger partial charge in [-0.3, -0.25) is 0 Å². The minimum absolute atomic E-state index is 0.428. The Morgan fingerprint density at radius 2 is 2.12 bits per heavy atom. The predicted octanol–water partition coefficient (Wildman–Crippen LogP) is 2.15. The maximum Gasteiger partial charge on any atom is 0.137 e. The first kappa shape index (κ1) is 10.7. The van der Waals surface area contributed by atoms with Crippen molar-refractivity contribution in [3.8, 4) is 0 Å². The number of rotatable bonds is 4. The highest BCUT2D eigenvalue weighted by Gasteiger charge is 2.03. The van der Waals surface area contributed by atoms with Crippen LogP contribution in [0.15, 0.2) is 36.9 Å².